The average molecular weight is 268 g/mol. The lowest BCUT2D eigenvalue weighted by atomic mass is 10.2. The van der Waals surface area contributed by atoms with Crippen LogP contribution in [0.2, 0.25) is 5.02 Å². The number of benzene rings is 1. The zero-order valence-corrected chi connectivity index (χ0v) is 10.7. The minimum absolute atomic E-state index is 0.163. The first kappa shape index (κ1) is 12.9. The SMILES string of the molecule is CC(Oc1ccc(Cl)cc1C=O)C(=O)NC1CC1. The Labute approximate surface area is 110 Å². The fourth-order valence-electron chi connectivity index (χ4n) is 1.51. The zero-order valence-electron chi connectivity index (χ0n) is 9.98. The molecule has 1 saturated carbocycles. The standard InChI is InChI=1S/C13H14ClNO3/c1-8(13(17)15-11-3-4-11)18-12-5-2-10(14)6-9(12)7-16/h2,5-8,11H,3-4H2,1H3,(H,15,17). The van der Waals surface area contributed by atoms with Crippen molar-refractivity contribution in [3.05, 3.63) is 28.8 Å². The van der Waals surface area contributed by atoms with Gasteiger partial charge in [-0.15, -0.1) is 0 Å². The Balaban J connectivity index is 2.03. The second-order valence-corrected chi connectivity index (χ2v) is 4.78. The van der Waals surface area contributed by atoms with Crippen LogP contribution in [0.15, 0.2) is 18.2 Å². The molecule has 4 nitrogen and oxygen atoms in total. The van der Waals surface area contributed by atoms with Crippen LogP contribution in [0, 0.1) is 0 Å². The van der Waals surface area contributed by atoms with Crippen LogP contribution in [-0.4, -0.2) is 24.3 Å². The summed E-state index contributed by atoms with van der Waals surface area (Å²) in [5.74, 6) is 0.206. The van der Waals surface area contributed by atoms with Gasteiger partial charge in [-0.3, -0.25) is 9.59 Å². The van der Waals surface area contributed by atoms with E-state index in [4.69, 9.17) is 16.3 Å². The molecule has 1 aromatic carbocycles. The van der Waals surface area contributed by atoms with E-state index in [2.05, 4.69) is 5.32 Å². The number of amides is 1. The molecule has 0 aromatic heterocycles. The summed E-state index contributed by atoms with van der Waals surface area (Å²) in [6, 6.07) is 5.01. The number of carbonyl (C=O) groups excluding carboxylic acids is 2. The third-order valence-corrected chi connectivity index (χ3v) is 2.93. The lowest BCUT2D eigenvalue weighted by Gasteiger charge is -2.15. The predicted molar refractivity (Wildman–Crippen MR) is 68.1 cm³/mol. The highest BCUT2D eigenvalue weighted by atomic mass is 35.5. The average Bonchev–Trinajstić information content (AvgIpc) is 3.15. The summed E-state index contributed by atoms with van der Waals surface area (Å²) in [6.07, 6.45) is 2.08. The second kappa shape index (κ2) is 5.40. The van der Waals surface area contributed by atoms with E-state index in [0.29, 0.717) is 28.7 Å². The molecule has 0 spiro atoms. The van der Waals surface area contributed by atoms with Gasteiger partial charge in [-0.05, 0) is 38.0 Å². The van der Waals surface area contributed by atoms with Crippen LogP contribution in [0.1, 0.15) is 30.1 Å². The number of hydrogen-bond acceptors (Lipinski definition) is 3. The first-order valence-corrected chi connectivity index (χ1v) is 6.19. The minimum Gasteiger partial charge on any atom is -0.480 e. The van der Waals surface area contributed by atoms with E-state index in [0.717, 1.165) is 12.8 Å². The Morgan fingerprint density at radius 1 is 1.56 bits per heavy atom. The molecule has 1 unspecified atom stereocenters. The molecule has 0 heterocycles. The fraction of sp³-hybridized carbons (Fsp3) is 0.385. The lowest BCUT2D eigenvalue weighted by Crippen LogP contribution is -2.37. The normalized spacial score (nSPS) is 15.9. The maximum absolute atomic E-state index is 11.7. The van der Waals surface area contributed by atoms with Crippen LogP contribution < -0.4 is 10.1 Å². The van der Waals surface area contributed by atoms with Gasteiger partial charge in [-0.25, -0.2) is 0 Å². The van der Waals surface area contributed by atoms with Crippen molar-refractivity contribution in [1.29, 1.82) is 0 Å². The van der Waals surface area contributed by atoms with E-state index in [9.17, 15) is 9.59 Å². The van der Waals surface area contributed by atoms with Crippen LogP contribution in [0.3, 0.4) is 0 Å². The van der Waals surface area contributed by atoms with Gasteiger partial charge in [0.2, 0.25) is 0 Å². The van der Waals surface area contributed by atoms with Crippen molar-refractivity contribution >= 4 is 23.8 Å². The Kier molecular flexibility index (Phi) is 3.87. The second-order valence-electron chi connectivity index (χ2n) is 4.34. The molecule has 0 bridgehead atoms. The highest BCUT2D eigenvalue weighted by Crippen LogP contribution is 2.23. The molecular formula is C13H14ClNO3. The summed E-state index contributed by atoms with van der Waals surface area (Å²) < 4.78 is 5.48. The monoisotopic (exact) mass is 267 g/mol. The molecule has 96 valence electrons. The van der Waals surface area contributed by atoms with Gasteiger partial charge in [-0.2, -0.15) is 0 Å². The number of hydrogen-bond donors (Lipinski definition) is 1. The molecule has 1 fully saturated rings. The molecule has 1 amide bonds. The number of nitrogens with one attached hydrogen (secondary N) is 1. The van der Waals surface area contributed by atoms with Gasteiger partial charge in [0, 0.05) is 11.1 Å². The number of carbonyl (C=O) groups is 2. The number of aldehydes is 1. The molecule has 0 aliphatic heterocycles. The van der Waals surface area contributed by atoms with Crippen molar-refractivity contribution in [3.63, 3.8) is 0 Å². The first-order chi connectivity index (χ1) is 8.60. The molecule has 1 atom stereocenters. The minimum atomic E-state index is -0.634. The van der Waals surface area contributed by atoms with Crippen molar-refractivity contribution in [1.82, 2.24) is 5.32 Å². The van der Waals surface area contributed by atoms with Gasteiger partial charge < -0.3 is 10.1 Å². The van der Waals surface area contributed by atoms with Crippen molar-refractivity contribution < 1.29 is 14.3 Å². The van der Waals surface area contributed by atoms with Crippen molar-refractivity contribution in [2.45, 2.75) is 31.9 Å². The molecule has 1 aromatic rings. The Hall–Kier alpha value is -1.55. The van der Waals surface area contributed by atoms with Crippen LogP contribution in [0.5, 0.6) is 5.75 Å². The third kappa shape index (κ3) is 3.23. The largest absolute Gasteiger partial charge is 0.480 e. The number of rotatable bonds is 5. The summed E-state index contributed by atoms with van der Waals surface area (Å²) in [7, 11) is 0. The lowest BCUT2D eigenvalue weighted by molar-refractivity contribution is -0.127. The summed E-state index contributed by atoms with van der Waals surface area (Å²) in [5.41, 5.74) is 0.341. The van der Waals surface area contributed by atoms with Crippen molar-refractivity contribution in [2.24, 2.45) is 0 Å². The molecule has 0 saturated heterocycles. The van der Waals surface area contributed by atoms with Gasteiger partial charge in [0.1, 0.15) is 5.75 Å². The van der Waals surface area contributed by atoms with Gasteiger partial charge in [0.25, 0.3) is 5.91 Å². The summed E-state index contributed by atoms with van der Waals surface area (Å²) >= 11 is 5.78. The molecule has 18 heavy (non-hydrogen) atoms. The predicted octanol–water partition coefficient (Wildman–Crippen LogP) is 2.20. The Bertz CT molecular complexity index is 471. The fourth-order valence-corrected chi connectivity index (χ4v) is 1.69. The third-order valence-electron chi connectivity index (χ3n) is 2.70. The molecule has 0 radical (unpaired) electrons. The van der Waals surface area contributed by atoms with Crippen LogP contribution in [0.4, 0.5) is 0 Å². The smallest absolute Gasteiger partial charge is 0.260 e. The molecular weight excluding hydrogens is 254 g/mol. The van der Waals surface area contributed by atoms with E-state index in [1.54, 1.807) is 19.1 Å². The van der Waals surface area contributed by atoms with E-state index >= 15 is 0 Å². The number of ether oxygens (including phenoxy) is 1. The molecule has 1 aliphatic rings. The maximum atomic E-state index is 11.7. The summed E-state index contributed by atoms with van der Waals surface area (Å²) in [5, 5.41) is 3.30. The van der Waals surface area contributed by atoms with Gasteiger partial charge in [0.05, 0.1) is 5.56 Å². The Morgan fingerprint density at radius 2 is 2.28 bits per heavy atom. The maximum Gasteiger partial charge on any atom is 0.260 e. The van der Waals surface area contributed by atoms with Gasteiger partial charge in [0.15, 0.2) is 12.4 Å². The van der Waals surface area contributed by atoms with E-state index in [1.807, 2.05) is 0 Å². The molecule has 1 aliphatic carbocycles. The van der Waals surface area contributed by atoms with Gasteiger partial charge >= 0.3 is 0 Å². The molecule has 1 N–H and O–H groups in total. The van der Waals surface area contributed by atoms with Crippen LogP contribution in [0.25, 0.3) is 0 Å². The first-order valence-electron chi connectivity index (χ1n) is 5.82. The highest BCUT2D eigenvalue weighted by Gasteiger charge is 2.26. The summed E-state index contributed by atoms with van der Waals surface area (Å²) in [4.78, 5) is 22.6. The quantitative estimate of drug-likeness (QED) is 0.832. The Morgan fingerprint density at radius 3 is 2.89 bits per heavy atom. The van der Waals surface area contributed by atoms with E-state index in [1.165, 1.54) is 6.07 Å². The highest BCUT2D eigenvalue weighted by molar-refractivity contribution is 6.30. The van der Waals surface area contributed by atoms with Crippen molar-refractivity contribution in [2.75, 3.05) is 0 Å². The number of halogens is 1. The molecule has 2 rings (SSSR count). The topological polar surface area (TPSA) is 55.4 Å². The zero-order chi connectivity index (χ0) is 13.1. The van der Waals surface area contributed by atoms with E-state index < -0.39 is 6.10 Å². The van der Waals surface area contributed by atoms with E-state index in [-0.39, 0.29) is 5.91 Å². The summed E-state index contributed by atoms with van der Waals surface area (Å²) in [6.45, 7) is 1.65. The van der Waals surface area contributed by atoms with Gasteiger partial charge in [-0.1, -0.05) is 11.6 Å². The van der Waals surface area contributed by atoms with Crippen LogP contribution in [-0.2, 0) is 4.79 Å². The molecule has 5 heteroatoms. The van der Waals surface area contributed by atoms with Crippen LogP contribution >= 0.6 is 11.6 Å². The van der Waals surface area contributed by atoms with Crippen molar-refractivity contribution in [3.8, 4) is 5.75 Å².